The van der Waals surface area contributed by atoms with Crippen molar-refractivity contribution in [1.82, 2.24) is 9.78 Å². The van der Waals surface area contributed by atoms with Gasteiger partial charge in [0.2, 0.25) is 0 Å². The molecule has 0 aliphatic rings. The van der Waals surface area contributed by atoms with Gasteiger partial charge in [-0.1, -0.05) is 0 Å². The predicted octanol–water partition coefficient (Wildman–Crippen LogP) is 2.56. The monoisotopic (exact) mass is 349 g/mol. The number of phenolic OH excluding ortho intramolecular Hbond substituents is 1. The van der Waals surface area contributed by atoms with E-state index in [-0.39, 0.29) is 10.6 Å². The molecule has 0 radical (unpaired) electrons. The van der Waals surface area contributed by atoms with Gasteiger partial charge in [-0.05, 0) is 32.0 Å². The van der Waals surface area contributed by atoms with Crippen molar-refractivity contribution in [3.63, 3.8) is 0 Å². The minimum absolute atomic E-state index is 0.142. The molecule has 0 aliphatic heterocycles. The molecule has 23 heavy (non-hydrogen) atoms. The number of aryl methyl sites for hydroxylation is 2. The number of aromatic hydroxyl groups is 1. The Kier molecular flexibility index (Phi) is 4.05. The molecule has 10 heteroatoms. The SMILES string of the molecule is Cc1nn(C)c(C)c1S(=O)(=O)Nc1cc(C(F)(F)F)ccc1O. The van der Waals surface area contributed by atoms with Gasteiger partial charge in [-0.2, -0.15) is 18.3 Å². The van der Waals surface area contributed by atoms with Crippen LogP contribution in [0.2, 0.25) is 0 Å². The van der Waals surface area contributed by atoms with Gasteiger partial charge in [0.1, 0.15) is 10.6 Å². The molecule has 126 valence electrons. The van der Waals surface area contributed by atoms with Crippen molar-refractivity contribution in [2.45, 2.75) is 24.9 Å². The van der Waals surface area contributed by atoms with E-state index >= 15 is 0 Å². The molecule has 0 amide bonds. The summed E-state index contributed by atoms with van der Waals surface area (Å²) in [5, 5.41) is 13.6. The number of nitrogens with zero attached hydrogens (tertiary/aromatic N) is 2. The molecule has 0 saturated heterocycles. The van der Waals surface area contributed by atoms with Crippen LogP contribution in [-0.2, 0) is 23.2 Å². The number of anilines is 1. The maximum Gasteiger partial charge on any atom is 0.416 e. The lowest BCUT2D eigenvalue weighted by Gasteiger charge is -2.13. The molecule has 0 bridgehead atoms. The summed E-state index contributed by atoms with van der Waals surface area (Å²) in [4.78, 5) is -0.142. The maximum absolute atomic E-state index is 12.7. The Labute approximate surface area is 130 Å². The number of sulfonamides is 1. The van der Waals surface area contributed by atoms with Gasteiger partial charge in [-0.25, -0.2) is 8.42 Å². The second-order valence-corrected chi connectivity index (χ2v) is 6.58. The first kappa shape index (κ1) is 17.1. The summed E-state index contributed by atoms with van der Waals surface area (Å²) in [6.07, 6.45) is -4.66. The lowest BCUT2D eigenvalue weighted by atomic mass is 10.2. The van der Waals surface area contributed by atoms with Crippen LogP contribution in [0.1, 0.15) is 17.0 Å². The molecule has 2 rings (SSSR count). The number of aromatic nitrogens is 2. The highest BCUT2D eigenvalue weighted by molar-refractivity contribution is 7.92. The summed E-state index contributed by atoms with van der Waals surface area (Å²) in [7, 11) is -2.65. The number of benzene rings is 1. The lowest BCUT2D eigenvalue weighted by Crippen LogP contribution is -2.16. The highest BCUT2D eigenvalue weighted by atomic mass is 32.2. The largest absolute Gasteiger partial charge is 0.506 e. The van der Waals surface area contributed by atoms with Gasteiger partial charge in [0.25, 0.3) is 10.0 Å². The first-order valence-corrected chi connectivity index (χ1v) is 7.85. The first-order chi connectivity index (χ1) is 10.4. The van der Waals surface area contributed by atoms with Gasteiger partial charge < -0.3 is 5.11 Å². The van der Waals surface area contributed by atoms with Crippen LogP contribution in [-0.4, -0.2) is 23.3 Å². The van der Waals surface area contributed by atoms with Crippen molar-refractivity contribution < 1.29 is 26.7 Å². The average molecular weight is 349 g/mol. The zero-order valence-corrected chi connectivity index (χ0v) is 13.2. The summed E-state index contributed by atoms with van der Waals surface area (Å²) in [5.41, 5.74) is -1.11. The van der Waals surface area contributed by atoms with E-state index in [1.165, 1.54) is 18.5 Å². The molecule has 6 nitrogen and oxygen atoms in total. The number of halogens is 3. The summed E-state index contributed by atoms with van der Waals surface area (Å²) < 4.78 is 66.3. The van der Waals surface area contributed by atoms with Crippen molar-refractivity contribution in [3.05, 3.63) is 35.2 Å². The molecule has 0 unspecified atom stereocenters. The number of hydrogen-bond acceptors (Lipinski definition) is 4. The molecular weight excluding hydrogens is 335 g/mol. The van der Waals surface area contributed by atoms with Crippen molar-refractivity contribution in [3.8, 4) is 5.75 Å². The Morgan fingerprint density at radius 3 is 2.35 bits per heavy atom. The van der Waals surface area contributed by atoms with Crippen molar-refractivity contribution in [2.24, 2.45) is 7.05 Å². The minimum Gasteiger partial charge on any atom is -0.506 e. The number of rotatable bonds is 3. The van der Waals surface area contributed by atoms with Gasteiger partial charge in [0.05, 0.1) is 22.6 Å². The van der Waals surface area contributed by atoms with Gasteiger partial charge in [0.15, 0.2) is 0 Å². The fourth-order valence-corrected chi connectivity index (χ4v) is 3.64. The third kappa shape index (κ3) is 3.26. The predicted molar refractivity (Wildman–Crippen MR) is 76.6 cm³/mol. The smallest absolute Gasteiger partial charge is 0.416 e. The molecule has 0 saturated carbocycles. The fraction of sp³-hybridized carbons (Fsp3) is 0.308. The lowest BCUT2D eigenvalue weighted by molar-refractivity contribution is -0.137. The van der Waals surface area contributed by atoms with Crippen molar-refractivity contribution in [2.75, 3.05) is 4.72 Å². The van der Waals surface area contributed by atoms with Gasteiger partial charge >= 0.3 is 6.18 Å². The molecule has 2 aromatic rings. The zero-order chi connectivity index (χ0) is 17.6. The Morgan fingerprint density at radius 2 is 1.87 bits per heavy atom. The fourth-order valence-electron chi connectivity index (χ4n) is 2.13. The second kappa shape index (κ2) is 5.44. The number of phenols is 1. The Bertz CT molecular complexity index is 857. The molecule has 0 spiro atoms. The number of hydrogen-bond donors (Lipinski definition) is 2. The molecule has 1 aromatic carbocycles. The molecular formula is C13H14F3N3O3S. The van der Waals surface area contributed by atoms with E-state index < -0.39 is 33.2 Å². The molecule has 1 aromatic heterocycles. The average Bonchev–Trinajstić information content (AvgIpc) is 2.64. The molecule has 0 atom stereocenters. The van der Waals surface area contributed by atoms with Crippen LogP contribution in [0.15, 0.2) is 23.1 Å². The summed E-state index contributed by atoms with van der Waals surface area (Å²) in [6.45, 7) is 2.98. The van der Waals surface area contributed by atoms with E-state index in [9.17, 15) is 26.7 Å². The van der Waals surface area contributed by atoms with Crippen LogP contribution >= 0.6 is 0 Å². The van der Waals surface area contributed by atoms with Gasteiger partial charge in [0, 0.05) is 7.05 Å². The summed E-state index contributed by atoms with van der Waals surface area (Å²) >= 11 is 0. The summed E-state index contributed by atoms with van der Waals surface area (Å²) in [5.74, 6) is -0.610. The van der Waals surface area contributed by atoms with E-state index in [0.717, 1.165) is 6.07 Å². The third-order valence-electron chi connectivity index (χ3n) is 3.28. The van der Waals surface area contributed by atoms with Crippen molar-refractivity contribution in [1.29, 1.82) is 0 Å². The van der Waals surface area contributed by atoms with Crippen molar-refractivity contribution >= 4 is 15.7 Å². The van der Waals surface area contributed by atoms with E-state index in [4.69, 9.17) is 0 Å². The minimum atomic E-state index is -4.66. The standard InChI is InChI=1S/C13H14F3N3O3S/c1-7-12(8(2)19(3)17-7)23(21,22)18-10-6-9(13(14,15)16)4-5-11(10)20/h4-6,18,20H,1-3H3. The van der Waals surface area contributed by atoms with Crippen LogP contribution in [0.5, 0.6) is 5.75 Å². The van der Waals surface area contributed by atoms with E-state index in [2.05, 4.69) is 5.10 Å². The zero-order valence-electron chi connectivity index (χ0n) is 12.4. The van der Waals surface area contributed by atoms with Crippen LogP contribution < -0.4 is 4.72 Å². The highest BCUT2D eigenvalue weighted by Crippen LogP contribution is 2.35. The molecule has 1 heterocycles. The number of alkyl halides is 3. The molecule has 0 fully saturated rings. The number of nitrogens with one attached hydrogen (secondary N) is 1. The van der Waals surface area contributed by atoms with E-state index in [1.54, 1.807) is 7.05 Å². The Morgan fingerprint density at radius 1 is 1.26 bits per heavy atom. The third-order valence-corrected chi connectivity index (χ3v) is 4.90. The van der Waals surface area contributed by atoms with Crippen LogP contribution in [0.25, 0.3) is 0 Å². The maximum atomic E-state index is 12.7. The Hall–Kier alpha value is -2.23. The quantitative estimate of drug-likeness (QED) is 0.834. The molecule has 2 N–H and O–H groups in total. The summed E-state index contributed by atoms with van der Waals surface area (Å²) in [6, 6.07) is 1.98. The van der Waals surface area contributed by atoms with Gasteiger partial charge in [-0.3, -0.25) is 9.40 Å². The molecule has 0 aliphatic carbocycles. The van der Waals surface area contributed by atoms with Crippen LogP contribution in [0.4, 0.5) is 18.9 Å². The topological polar surface area (TPSA) is 84.2 Å². The van der Waals surface area contributed by atoms with Crippen LogP contribution in [0, 0.1) is 13.8 Å². The van der Waals surface area contributed by atoms with E-state index in [1.807, 2.05) is 4.72 Å². The Balaban J connectivity index is 2.49. The normalized spacial score (nSPS) is 12.4. The first-order valence-electron chi connectivity index (χ1n) is 6.36. The van der Waals surface area contributed by atoms with Crippen LogP contribution in [0.3, 0.4) is 0 Å². The highest BCUT2D eigenvalue weighted by Gasteiger charge is 2.32. The van der Waals surface area contributed by atoms with Gasteiger partial charge in [-0.15, -0.1) is 0 Å². The van der Waals surface area contributed by atoms with E-state index in [0.29, 0.717) is 17.8 Å². The second-order valence-electron chi connectivity index (χ2n) is 4.96.